The van der Waals surface area contributed by atoms with Crippen molar-refractivity contribution >= 4 is 23.4 Å². The molecule has 31 heavy (non-hydrogen) atoms. The van der Waals surface area contributed by atoms with Crippen molar-refractivity contribution in [3.05, 3.63) is 101 Å². The van der Waals surface area contributed by atoms with E-state index in [1.807, 2.05) is 54.6 Å². The summed E-state index contributed by atoms with van der Waals surface area (Å²) in [5, 5.41) is 0. The largest absolute Gasteiger partial charge is 0.497 e. The summed E-state index contributed by atoms with van der Waals surface area (Å²) in [6, 6.07) is 22.0. The zero-order chi connectivity index (χ0) is 22.1. The summed E-state index contributed by atoms with van der Waals surface area (Å²) >= 11 is 0. The second kappa shape index (κ2) is 10.9. The third-order valence-corrected chi connectivity index (χ3v) is 4.66. The molecule has 0 atom stereocenters. The molecule has 0 bridgehead atoms. The van der Waals surface area contributed by atoms with Gasteiger partial charge >= 0.3 is 5.97 Å². The number of hydrogen-bond acceptors (Lipinski definition) is 4. The number of benzene rings is 3. The summed E-state index contributed by atoms with van der Waals surface area (Å²) in [7, 11) is 1.59. The second-order valence-corrected chi connectivity index (χ2v) is 6.87. The van der Waals surface area contributed by atoms with Gasteiger partial charge in [-0.15, -0.1) is 0 Å². The van der Waals surface area contributed by atoms with Gasteiger partial charge in [-0.25, -0.2) is 9.18 Å². The number of rotatable bonds is 9. The van der Waals surface area contributed by atoms with Crippen LogP contribution in [0, 0.1) is 5.82 Å². The van der Waals surface area contributed by atoms with Crippen LogP contribution in [0.1, 0.15) is 34.3 Å². The maximum atomic E-state index is 13.0. The second-order valence-electron chi connectivity index (χ2n) is 6.87. The normalized spacial score (nSPS) is 11.1. The third-order valence-electron chi connectivity index (χ3n) is 4.66. The van der Waals surface area contributed by atoms with Crippen LogP contribution in [0.3, 0.4) is 0 Å². The molecule has 3 aromatic rings. The summed E-state index contributed by atoms with van der Waals surface area (Å²) < 4.78 is 23.7. The topological polar surface area (TPSA) is 52.6 Å². The number of carbonyl (C=O) groups excluding carboxylic acids is 2. The van der Waals surface area contributed by atoms with Crippen LogP contribution in [0.2, 0.25) is 0 Å². The van der Waals surface area contributed by atoms with Crippen molar-refractivity contribution in [2.24, 2.45) is 0 Å². The van der Waals surface area contributed by atoms with E-state index in [9.17, 15) is 14.0 Å². The zero-order valence-corrected chi connectivity index (χ0v) is 17.2. The Labute approximate surface area is 180 Å². The van der Waals surface area contributed by atoms with Gasteiger partial charge in [0.05, 0.1) is 19.3 Å². The Morgan fingerprint density at radius 3 is 2.35 bits per heavy atom. The van der Waals surface area contributed by atoms with Gasteiger partial charge in [-0.3, -0.25) is 4.79 Å². The minimum absolute atomic E-state index is 0.105. The van der Waals surface area contributed by atoms with Crippen LogP contribution < -0.4 is 4.74 Å². The zero-order valence-electron chi connectivity index (χ0n) is 17.2. The average molecular weight is 418 g/mol. The fraction of sp³-hybridized carbons (Fsp3) is 0.154. The van der Waals surface area contributed by atoms with E-state index < -0.39 is 5.97 Å². The van der Waals surface area contributed by atoms with E-state index in [-0.39, 0.29) is 24.6 Å². The minimum atomic E-state index is -0.469. The van der Waals surface area contributed by atoms with E-state index in [1.165, 1.54) is 24.3 Å². The molecular weight excluding hydrogens is 395 g/mol. The van der Waals surface area contributed by atoms with Crippen LogP contribution in [0.4, 0.5) is 4.39 Å². The SMILES string of the molecule is COc1cccc(/C=C(/C(=O)OCCCC(=O)c2ccc(F)cc2)c2ccccc2)c1. The maximum Gasteiger partial charge on any atom is 0.338 e. The molecule has 0 amide bonds. The van der Waals surface area contributed by atoms with Crippen molar-refractivity contribution in [2.75, 3.05) is 13.7 Å². The van der Waals surface area contributed by atoms with Crippen molar-refractivity contribution in [3.63, 3.8) is 0 Å². The monoisotopic (exact) mass is 418 g/mol. The molecule has 0 aromatic heterocycles. The summed E-state index contributed by atoms with van der Waals surface area (Å²) in [5.74, 6) is -0.287. The molecule has 4 nitrogen and oxygen atoms in total. The predicted molar refractivity (Wildman–Crippen MR) is 118 cm³/mol. The lowest BCUT2D eigenvalue weighted by Gasteiger charge is -2.10. The Kier molecular flexibility index (Phi) is 7.71. The third kappa shape index (κ3) is 6.37. The smallest absolute Gasteiger partial charge is 0.338 e. The molecule has 0 spiro atoms. The first-order valence-corrected chi connectivity index (χ1v) is 9.94. The Bertz CT molecular complexity index is 1060. The number of carbonyl (C=O) groups is 2. The Morgan fingerprint density at radius 2 is 1.65 bits per heavy atom. The van der Waals surface area contributed by atoms with E-state index >= 15 is 0 Å². The summed E-state index contributed by atoms with van der Waals surface area (Å²) in [5.41, 5.74) is 2.40. The fourth-order valence-electron chi connectivity index (χ4n) is 3.03. The van der Waals surface area contributed by atoms with Gasteiger partial charge in [0.25, 0.3) is 0 Å². The molecule has 0 unspecified atom stereocenters. The molecular formula is C26H23FO4. The maximum absolute atomic E-state index is 13.0. The summed E-state index contributed by atoms with van der Waals surface area (Å²) in [6.07, 6.45) is 2.34. The fourth-order valence-corrected chi connectivity index (χ4v) is 3.03. The molecule has 0 heterocycles. The molecule has 3 aromatic carbocycles. The summed E-state index contributed by atoms with van der Waals surface area (Å²) in [4.78, 5) is 25.0. The number of methoxy groups -OCH3 is 1. The van der Waals surface area contributed by atoms with Crippen molar-refractivity contribution < 1.29 is 23.5 Å². The molecule has 0 saturated heterocycles. The minimum Gasteiger partial charge on any atom is -0.497 e. The lowest BCUT2D eigenvalue weighted by Crippen LogP contribution is -2.10. The van der Waals surface area contributed by atoms with Gasteiger partial charge in [-0.2, -0.15) is 0 Å². The number of hydrogen-bond donors (Lipinski definition) is 0. The van der Waals surface area contributed by atoms with Crippen LogP contribution >= 0.6 is 0 Å². The molecule has 0 N–H and O–H groups in total. The number of ketones is 1. The first-order chi connectivity index (χ1) is 15.1. The highest BCUT2D eigenvalue weighted by Crippen LogP contribution is 2.22. The highest BCUT2D eigenvalue weighted by atomic mass is 19.1. The van der Waals surface area contributed by atoms with Crippen LogP contribution in [-0.2, 0) is 9.53 Å². The highest BCUT2D eigenvalue weighted by molar-refractivity contribution is 6.21. The van der Waals surface area contributed by atoms with E-state index in [1.54, 1.807) is 13.2 Å². The van der Waals surface area contributed by atoms with Crippen LogP contribution in [0.15, 0.2) is 78.9 Å². The Morgan fingerprint density at radius 1 is 0.903 bits per heavy atom. The van der Waals surface area contributed by atoms with Crippen LogP contribution in [-0.4, -0.2) is 25.5 Å². The number of halogens is 1. The van der Waals surface area contributed by atoms with Gasteiger partial charge in [0.2, 0.25) is 0 Å². The van der Waals surface area contributed by atoms with Crippen molar-refractivity contribution in [1.29, 1.82) is 0 Å². The van der Waals surface area contributed by atoms with E-state index in [0.717, 1.165) is 11.1 Å². The molecule has 0 saturated carbocycles. The molecule has 158 valence electrons. The number of ether oxygens (including phenoxy) is 2. The average Bonchev–Trinajstić information content (AvgIpc) is 2.81. The standard InChI is InChI=1S/C26H23FO4/c1-30-23-10-5-7-19(17-23)18-24(20-8-3-2-4-9-20)26(29)31-16-6-11-25(28)21-12-14-22(27)15-13-21/h2-5,7-10,12-15,17-18H,6,11,16H2,1H3/b24-18+. The lowest BCUT2D eigenvalue weighted by molar-refractivity contribution is -0.136. The first-order valence-electron chi connectivity index (χ1n) is 9.94. The van der Waals surface area contributed by atoms with Crippen LogP contribution in [0.5, 0.6) is 5.75 Å². The highest BCUT2D eigenvalue weighted by Gasteiger charge is 2.14. The van der Waals surface area contributed by atoms with Crippen molar-refractivity contribution in [1.82, 2.24) is 0 Å². The lowest BCUT2D eigenvalue weighted by atomic mass is 10.0. The Balaban J connectivity index is 1.65. The van der Waals surface area contributed by atoms with Gasteiger partial charge in [0, 0.05) is 12.0 Å². The number of esters is 1. The van der Waals surface area contributed by atoms with E-state index in [0.29, 0.717) is 23.3 Å². The molecule has 3 rings (SSSR count). The van der Waals surface area contributed by atoms with Gasteiger partial charge in [0.1, 0.15) is 11.6 Å². The van der Waals surface area contributed by atoms with E-state index in [4.69, 9.17) is 9.47 Å². The van der Waals surface area contributed by atoms with Gasteiger partial charge in [-0.05, 0) is 60.0 Å². The van der Waals surface area contributed by atoms with Crippen LogP contribution in [0.25, 0.3) is 11.6 Å². The van der Waals surface area contributed by atoms with Gasteiger partial charge in [-0.1, -0.05) is 42.5 Å². The quantitative estimate of drug-likeness (QED) is 0.150. The van der Waals surface area contributed by atoms with Crippen molar-refractivity contribution in [3.8, 4) is 5.75 Å². The molecule has 0 aliphatic heterocycles. The molecule has 0 aliphatic rings. The summed E-state index contributed by atoms with van der Waals surface area (Å²) in [6.45, 7) is 0.105. The molecule has 0 radical (unpaired) electrons. The predicted octanol–water partition coefficient (Wildman–Crippen LogP) is 5.58. The number of Topliss-reactive ketones (excluding diaryl/α,β-unsaturated/α-hetero) is 1. The molecule has 0 aliphatic carbocycles. The van der Waals surface area contributed by atoms with Crippen molar-refractivity contribution in [2.45, 2.75) is 12.8 Å². The van der Waals surface area contributed by atoms with Gasteiger partial charge in [0.15, 0.2) is 5.78 Å². The molecule has 0 fully saturated rings. The molecule has 5 heteroatoms. The van der Waals surface area contributed by atoms with E-state index in [2.05, 4.69) is 0 Å². The first kappa shape index (κ1) is 22.0. The Hall–Kier alpha value is -3.73. The van der Waals surface area contributed by atoms with Gasteiger partial charge < -0.3 is 9.47 Å².